The summed E-state index contributed by atoms with van der Waals surface area (Å²) in [5, 5.41) is 3.17. The van der Waals surface area contributed by atoms with Crippen LogP contribution in [0.1, 0.15) is 48.0 Å². The third kappa shape index (κ3) is 3.01. The van der Waals surface area contributed by atoms with Gasteiger partial charge in [-0.3, -0.25) is 9.78 Å². The van der Waals surface area contributed by atoms with Gasteiger partial charge in [-0.2, -0.15) is 0 Å². The van der Waals surface area contributed by atoms with Crippen molar-refractivity contribution in [1.29, 1.82) is 0 Å². The number of anilines is 2. The third-order valence-corrected chi connectivity index (χ3v) is 5.13. The van der Waals surface area contributed by atoms with E-state index in [1.54, 1.807) is 6.20 Å². The van der Waals surface area contributed by atoms with Gasteiger partial charge in [0, 0.05) is 24.5 Å². The second-order valence-electron chi connectivity index (χ2n) is 6.77. The monoisotopic (exact) mass is 321 g/mol. The molecular weight excluding hydrogens is 298 g/mol. The second-order valence-corrected chi connectivity index (χ2v) is 6.77. The maximum absolute atomic E-state index is 12.6. The number of para-hydroxylation sites is 1. The number of nitrogens with zero attached hydrogens (tertiary/aromatic N) is 2. The maximum Gasteiger partial charge on any atom is 0.253 e. The number of carbonyl (C=O) groups excluding carboxylic acids is 1. The van der Waals surface area contributed by atoms with Crippen molar-refractivity contribution >= 4 is 17.3 Å². The van der Waals surface area contributed by atoms with Gasteiger partial charge in [0.2, 0.25) is 0 Å². The van der Waals surface area contributed by atoms with Gasteiger partial charge >= 0.3 is 0 Å². The van der Waals surface area contributed by atoms with E-state index < -0.39 is 0 Å². The molecule has 4 rings (SSSR count). The van der Waals surface area contributed by atoms with Crippen LogP contribution < -0.4 is 10.2 Å². The fourth-order valence-electron chi connectivity index (χ4n) is 3.82. The normalized spacial score (nSPS) is 17.6. The summed E-state index contributed by atoms with van der Waals surface area (Å²) in [5.74, 6) is 0.00346. The van der Waals surface area contributed by atoms with Crippen molar-refractivity contribution in [2.75, 3.05) is 11.4 Å². The lowest BCUT2D eigenvalue weighted by molar-refractivity contribution is 0.0927. The van der Waals surface area contributed by atoms with Crippen LogP contribution in [0.2, 0.25) is 0 Å². The highest BCUT2D eigenvalue weighted by molar-refractivity contribution is 5.95. The van der Waals surface area contributed by atoms with Crippen molar-refractivity contribution in [1.82, 2.24) is 10.3 Å². The Labute approximate surface area is 142 Å². The number of nitrogens with one attached hydrogen (secondary N) is 1. The molecule has 1 saturated carbocycles. The number of fused-ring (bicyclic) bond motifs is 1. The summed E-state index contributed by atoms with van der Waals surface area (Å²) in [6, 6.07) is 10.7. The number of amides is 1. The van der Waals surface area contributed by atoms with Crippen molar-refractivity contribution in [2.24, 2.45) is 0 Å². The van der Waals surface area contributed by atoms with Crippen molar-refractivity contribution < 1.29 is 4.79 Å². The van der Waals surface area contributed by atoms with E-state index in [-0.39, 0.29) is 5.91 Å². The van der Waals surface area contributed by atoms with E-state index in [0.29, 0.717) is 11.6 Å². The molecule has 0 radical (unpaired) electrons. The van der Waals surface area contributed by atoms with E-state index in [4.69, 9.17) is 0 Å². The summed E-state index contributed by atoms with van der Waals surface area (Å²) in [7, 11) is 0. The first-order chi connectivity index (χ1) is 11.8. The number of pyridine rings is 1. The fraction of sp³-hybridized carbons (Fsp3) is 0.400. The number of rotatable bonds is 3. The van der Waals surface area contributed by atoms with Crippen LogP contribution in [0.5, 0.6) is 0 Å². The van der Waals surface area contributed by atoms with Crippen LogP contribution in [0.15, 0.2) is 42.7 Å². The molecule has 0 unspecified atom stereocenters. The highest BCUT2D eigenvalue weighted by Gasteiger charge is 2.22. The quantitative estimate of drug-likeness (QED) is 0.934. The molecule has 1 aromatic carbocycles. The van der Waals surface area contributed by atoms with E-state index in [2.05, 4.69) is 39.5 Å². The minimum atomic E-state index is 0.00346. The first kappa shape index (κ1) is 15.2. The zero-order chi connectivity index (χ0) is 16.4. The van der Waals surface area contributed by atoms with Gasteiger partial charge < -0.3 is 10.2 Å². The molecule has 124 valence electrons. The van der Waals surface area contributed by atoms with Crippen LogP contribution in [-0.2, 0) is 6.42 Å². The topological polar surface area (TPSA) is 45.2 Å². The first-order valence-corrected chi connectivity index (χ1v) is 8.92. The van der Waals surface area contributed by atoms with Gasteiger partial charge in [0.1, 0.15) is 0 Å². The number of benzene rings is 1. The molecule has 0 bridgehead atoms. The van der Waals surface area contributed by atoms with E-state index >= 15 is 0 Å². The van der Waals surface area contributed by atoms with Gasteiger partial charge in [0.25, 0.3) is 5.91 Å². The van der Waals surface area contributed by atoms with Crippen molar-refractivity contribution in [3.8, 4) is 0 Å². The van der Waals surface area contributed by atoms with Crippen molar-refractivity contribution in [3.63, 3.8) is 0 Å². The van der Waals surface area contributed by atoms with Gasteiger partial charge in [0.05, 0.1) is 17.4 Å². The molecule has 1 amide bonds. The Kier molecular flexibility index (Phi) is 4.20. The van der Waals surface area contributed by atoms with Crippen LogP contribution in [-0.4, -0.2) is 23.5 Å². The van der Waals surface area contributed by atoms with E-state index in [0.717, 1.165) is 31.5 Å². The van der Waals surface area contributed by atoms with E-state index in [9.17, 15) is 4.79 Å². The molecule has 4 heteroatoms. The van der Waals surface area contributed by atoms with Crippen LogP contribution in [0.25, 0.3) is 0 Å². The number of hydrogen-bond acceptors (Lipinski definition) is 3. The summed E-state index contributed by atoms with van der Waals surface area (Å²) in [6.45, 7) is 0.939. The van der Waals surface area contributed by atoms with Gasteiger partial charge in [0.15, 0.2) is 0 Å². The van der Waals surface area contributed by atoms with Crippen LogP contribution in [0, 0.1) is 0 Å². The highest BCUT2D eigenvalue weighted by atomic mass is 16.1. The van der Waals surface area contributed by atoms with E-state index in [1.165, 1.54) is 30.5 Å². The Morgan fingerprint density at radius 3 is 2.83 bits per heavy atom. The predicted octanol–water partition coefficient (Wildman–Crippen LogP) is 3.84. The summed E-state index contributed by atoms with van der Waals surface area (Å²) >= 11 is 0. The lowest BCUT2D eigenvalue weighted by Gasteiger charge is -2.23. The molecule has 1 aliphatic carbocycles. The molecule has 1 fully saturated rings. The van der Waals surface area contributed by atoms with Crippen LogP contribution >= 0.6 is 0 Å². The zero-order valence-corrected chi connectivity index (χ0v) is 13.9. The van der Waals surface area contributed by atoms with Crippen molar-refractivity contribution in [3.05, 3.63) is 53.9 Å². The van der Waals surface area contributed by atoms with Crippen LogP contribution in [0.4, 0.5) is 11.4 Å². The minimum Gasteiger partial charge on any atom is -0.349 e. The minimum absolute atomic E-state index is 0.00346. The molecule has 1 aliphatic heterocycles. The molecule has 2 heterocycles. The van der Waals surface area contributed by atoms with Gasteiger partial charge in [-0.05, 0) is 37.0 Å². The zero-order valence-electron chi connectivity index (χ0n) is 13.9. The van der Waals surface area contributed by atoms with E-state index in [1.807, 2.05) is 12.3 Å². The lowest BCUT2D eigenvalue weighted by atomic mass is 9.95. The Hall–Kier alpha value is -2.36. The van der Waals surface area contributed by atoms with Crippen molar-refractivity contribution in [2.45, 2.75) is 44.6 Å². The average molecular weight is 321 g/mol. The molecule has 2 aromatic rings. The Morgan fingerprint density at radius 1 is 1.12 bits per heavy atom. The Morgan fingerprint density at radius 2 is 1.96 bits per heavy atom. The van der Waals surface area contributed by atoms with Gasteiger partial charge in [-0.15, -0.1) is 0 Å². The average Bonchev–Trinajstić information content (AvgIpc) is 3.07. The molecule has 1 aromatic heterocycles. The summed E-state index contributed by atoms with van der Waals surface area (Å²) in [5.41, 5.74) is 4.23. The molecule has 2 aliphatic rings. The summed E-state index contributed by atoms with van der Waals surface area (Å²) < 4.78 is 0. The first-order valence-electron chi connectivity index (χ1n) is 8.92. The smallest absolute Gasteiger partial charge is 0.253 e. The highest BCUT2D eigenvalue weighted by Crippen LogP contribution is 2.34. The lowest BCUT2D eigenvalue weighted by Crippen LogP contribution is -2.36. The van der Waals surface area contributed by atoms with Gasteiger partial charge in [-0.25, -0.2) is 0 Å². The Bertz CT molecular complexity index is 737. The summed E-state index contributed by atoms with van der Waals surface area (Å²) in [6.07, 6.45) is 10.5. The van der Waals surface area contributed by atoms with Crippen LogP contribution in [0.3, 0.4) is 0 Å². The maximum atomic E-state index is 12.6. The number of carbonyl (C=O) groups is 1. The SMILES string of the molecule is O=C(NC1CCCCC1)c1cncc(N2CCc3ccccc32)c1. The molecule has 0 saturated heterocycles. The largest absolute Gasteiger partial charge is 0.349 e. The second kappa shape index (κ2) is 6.63. The molecule has 0 spiro atoms. The predicted molar refractivity (Wildman–Crippen MR) is 95.7 cm³/mol. The molecule has 0 atom stereocenters. The third-order valence-electron chi connectivity index (χ3n) is 5.13. The number of aromatic nitrogens is 1. The molecule has 1 N–H and O–H groups in total. The molecular formula is C20H23N3O. The molecule has 24 heavy (non-hydrogen) atoms. The number of hydrogen-bond donors (Lipinski definition) is 1. The molecule has 4 nitrogen and oxygen atoms in total. The Balaban J connectivity index is 1.53. The van der Waals surface area contributed by atoms with Gasteiger partial charge in [-0.1, -0.05) is 37.5 Å². The fourth-order valence-corrected chi connectivity index (χ4v) is 3.82. The standard InChI is InChI=1S/C20H23N3O/c24-20(22-17-7-2-1-3-8-17)16-12-18(14-21-13-16)23-11-10-15-6-4-5-9-19(15)23/h4-6,9,12-14,17H,1-3,7-8,10-11H2,(H,22,24). The summed E-state index contributed by atoms with van der Waals surface area (Å²) in [4.78, 5) is 19.1.